The lowest BCUT2D eigenvalue weighted by Gasteiger charge is -2.06. The van der Waals surface area contributed by atoms with E-state index in [0.717, 1.165) is 31.4 Å². The molecule has 1 heterocycles. The first-order valence-electron chi connectivity index (χ1n) is 6.96. The predicted molar refractivity (Wildman–Crippen MR) is 79.8 cm³/mol. The average molecular weight is 324 g/mol. The number of nitrogens with one attached hydrogen (secondary N) is 1. The summed E-state index contributed by atoms with van der Waals surface area (Å²) in [7, 11) is 0. The fourth-order valence-corrected chi connectivity index (χ4v) is 3.43. The van der Waals surface area contributed by atoms with Gasteiger partial charge in [-0.25, -0.2) is 4.98 Å². The Morgan fingerprint density at radius 3 is 2.91 bits per heavy atom. The first-order valence-corrected chi connectivity index (χ1v) is 7.78. The number of alkyl halides is 2. The van der Waals surface area contributed by atoms with Gasteiger partial charge < -0.3 is 4.74 Å². The molecule has 0 spiro atoms. The molecule has 3 rings (SSSR count). The fourth-order valence-electron chi connectivity index (χ4n) is 2.39. The second-order valence-corrected chi connectivity index (χ2v) is 6.04. The van der Waals surface area contributed by atoms with Crippen molar-refractivity contribution in [2.45, 2.75) is 32.3 Å². The zero-order valence-electron chi connectivity index (χ0n) is 11.6. The third-order valence-electron chi connectivity index (χ3n) is 3.39. The van der Waals surface area contributed by atoms with Crippen molar-refractivity contribution >= 4 is 22.4 Å². The largest absolute Gasteiger partial charge is 0.435 e. The summed E-state index contributed by atoms with van der Waals surface area (Å²) in [6.07, 6.45) is 4.22. The Kier molecular flexibility index (Phi) is 4.33. The maximum Gasteiger partial charge on any atom is 0.387 e. The smallest absolute Gasteiger partial charge is 0.387 e. The van der Waals surface area contributed by atoms with Crippen LogP contribution in [0.15, 0.2) is 24.3 Å². The highest BCUT2D eigenvalue weighted by Crippen LogP contribution is 2.29. The summed E-state index contributed by atoms with van der Waals surface area (Å²) in [5.41, 5.74) is 1.31. The maximum atomic E-state index is 12.2. The standard InChI is InChI=1S/C15H14F2N2O2S/c16-14(17)21-10-5-3-4-9(8-10)13(20)19-15-18-11-6-1-2-7-12(11)22-15/h3-5,8,14H,1-2,6-7H2,(H,18,19,20). The first-order chi connectivity index (χ1) is 10.6. The summed E-state index contributed by atoms with van der Waals surface area (Å²) in [6, 6.07) is 5.71. The molecule has 1 aromatic carbocycles. The first kappa shape index (κ1) is 14.9. The molecule has 0 aliphatic heterocycles. The number of thiazole rings is 1. The lowest BCUT2D eigenvalue weighted by atomic mass is 10.0. The van der Waals surface area contributed by atoms with Gasteiger partial charge in [-0.05, 0) is 43.9 Å². The van der Waals surface area contributed by atoms with Crippen molar-refractivity contribution in [1.29, 1.82) is 0 Å². The van der Waals surface area contributed by atoms with Gasteiger partial charge in [0.25, 0.3) is 5.91 Å². The van der Waals surface area contributed by atoms with Crippen LogP contribution in [0.4, 0.5) is 13.9 Å². The fraction of sp³-hybridized carbons (Fsp3) is 0.333. The van der Waals surface area contributed by atoms with E-state index in [9.17, 15) is 13.6 Å². The van der Waals surface area contributed by atoms with Crippen molar-refractivity contribution in [3.05, 3.63) is 40.4 Å². The van der Waals surface area contributed by atoms with Gasteiger partial charge in [0.15, 0.2) is 5.13 Å². The number of aryl methyl sites for hydroxylation is 2. The normalized spacial score (nSPS) is 13.8. The van der Waals surface area contributed by atoms with Crippen LogP contribution in [0.2, 0.25) is 0 Å². The summed E-state index contributed by atoms with van der Waals surface area (Å²) in [5.74, 6) is -0.424. The number of hydrogen-bond acceptors (Lipinski definition) is 4. The number of benzene rings is 1. The minimum atomic E-state index is -2.91. The molecule has 0 radical (unpaired) electrons. The molecule has 0 unspecified atom stereocenters. The number of nitrogens with zero attached hydrogens (tertiary/aromatic N) is 1. The summed E-state index contributed by atoms with van der Waals surface area (Å²) in [4.78, 5) is 17.8. The van der Waals surface area contributed by atoms with Crippen LogP contribution >= 0.6 is 11.3 Å². The molecule has 1 amide bonds. The number of carbonyl (C=O) groups is 1. The predicted octanol–water partition coefficient (Wildman–Crippen LogP) is 3.88. The van der Waals surface area contributed by atoms with Crippen molar-refractivity contribution in [2.75, 3.05) is 5.32 Å². The molecule has 116 valence electrons. The van der Waals surface area contributed by atoms with Crippen LogP contribution < -0.4 is 10.1 Å². The highest BCUT2D eigenvalue weighted by molar-refractivity contribution is 7.15. The van der Waals surface area contributed by atoms with E-state index in [1.54, 1.807) is 6.07 Å². The Balaban J connectivity index is 1.72. The molecule has 22 heavy (non-hydrogen) atoms. The lowest BCUT2D eigenvalue weighted by Crippen LogP contribution is -2.12. The molecule has 0 saturated carbocycles. The Bertz CT molecular complexity index is 664. The highest BCUT2D eigenvalue weighted by atomic mass is 32.1. The van der Waals surface area contributed by atoms with Crippen LogP contribution in [0.5, 0.6) is 5.75 Å². The van der Waals surface area contributed by atoms with Crippen LogP contribution in [-0.4, -0.2) is 17.5 Å². The van der Waals surface area contributed by atoms with E-state index in [4.69, 9.17) is 0 Å². The summed E-state index contributed by atoms with van der Waals surface area (Å²) in [6.45, 7) is -2.91. The molecule has 0 saturated heterocycles. The highest BCUT2D eigenvalue weighted by Gasteiger charge is 2.17. The van der Waals surface area contributed by atoms with E-state index >= 15 is 0 Å². The monoisotopic (exact) mass is 324 g/mol. The van der Waals surface area contributed by atoms with Gasteiger partial charge in [-0.2, -0.15) is 8.78 Å². The number of aromatic nitrogens is 1. The molecule has 0 atom stereocenters. The Hall–Kier alpha value is -2.02. The molecule has 4 nitrogen and oxygen atoms in total. The van der Waals surface area contributed by atoms with Gasteiger partial charge >= 0.3 is 6.61 Å². The minimum absolute atomic E-state index is 0.0407. The third kappa shape index (κ3) is 3.41. The molecule has 2 aromatic rings. The van der Waals surface area contributed by atoms with Crippen LogP contribution in [0, 0.1) is 0 Å². The third-order valence-corrected chi connectivity index (χ3v) is 4.46. The van der Waals surface area contributed by atoms with Crippen LogP contribution in [0.1, 0.15) is 33.8 Å². The summed E-state index contributed by atoms with van der Waals surface area (Å²) < 4.78 is 28.7. The summed E-state index contributed by atoms with van der Waals surface area (Å²) in [5, 5.41) is 3.27. The number of halogens is 2. The molecule has 1 aliphatic rings. The second-order valence-electron chi connectivity index (χ2n) is 4.96. The number of rotatable bonds is 4. The number of ether oxygens (including phenoxy) is 1. The molecule has 1 aromatic heterocycles. The van der Waals surface area contributed by atoms with Crippen molar-refractivity contribution in [1.82, 2.24) is 4.98 Å². The molecule has 0 fully saturated rings. The number of fused-ring (bicyclic) bond motifs is 1. The zero-order valence-corrected chi connectivity index (χ0v) is 12.5. The molecule has 1 N–H and O–H groups in total. The van der Waals surface area contributed by atoms with E-state index < -0.39 is 6.61 Å². The van der Waals surface area contributed by atoms with Crippen LogP contribution in [0.25, 0.3) is 0 Å². The van der Waals surface area contributed by atoms with Gasteiger partial charge in [-0.1, -0.05) is 6.07 Å². The topological polar surface area (TPSA) is 51.2 Å². The van der Waals surface area contributed by atoms with Crippen LogP contribution in [0.3, 0.4) is 0 Å². The van der Waals surface area contributed by atoms with Crippen molar-refractivity contribution in [3.8, 4) is 5.75 Å². The second kappa shape index (κ2) is 6.39. The summed E-state index contributed by atoms with van der Waals surface area (Å²) >= 11 is 1.48. The Labute approximate surface area is 130 Å². The molecular formula is C15H14F2N2O2S. The van der Waals surface area contributed by atoms with Gasteiger partial charge in [0, 0.05) is 10.4 Å². The minimum Gasteiger partial charge on any atom is -0.435 e. The number of anilines is 1. The lowest BCUT2D eigenvalue weighted by molar-refractivity contribution is -0.0498. The van der Waals surface area contributed by atoms with Gasteiger partial charge in [-0.3, -0.25) is 10.1 Å². The molecular weight excluding hydrogens is 310 g/mol. The van der Waals surface area contributed by atoms with E-state index in [0.29, 0.717) is 5.13 Å². The van der Waals surface area contributed by atoms with Crippen LogP contribution in [-0.2, 0) is 12.8 Å². The maximum absolute atomic E-state index is 12.2. The number of amides is 1. The number of hydrogen-bond donors (Lipinski definition) is 1. The average Bonchev–Trinajstić information content (AvgIpc) is 2.89. The van der Waals surface area contributed by atoms with Gasteiger partial charge in [-0.15, -0.1) is 11.3 Å². The number of carbonyl (C=O) groups excluding carboxylic acids is 1. The van der Waals surface area contributed by atoms with Gasteiger partial charge in [0.1, 0.15) is 5.75 Å². The van der Waals surface area contributed by atoms with Gasteiger partial charge in [0.05, 0.1) is 5.69 Å². The van der Waals surface area contributed by atoms with Crippen molar-refractivity contribution in [2.24, 2.45) is 0 Å². The van der Waals surface area contributed by atoms with E-state index in [2.05, 4.69) is 15.0 Å². The Morgan fingerprint density at radius 1 is 1.32 bits per heavy atom. The quantitative estimate of drug-likeness (QED) is 0.928. The van der Waals surface area contributed by atoms with E-state index in [1.807, 2.05) is 0 Å². The van der Waals surface area contributed by atoms with E-state index in [1.165, 1.54) is 34.4 Å². The Morgan fingerprint density at radius 2 is 2.14 bits per heavy atom. The molecule has 1 aliphatic carbocycles. The van der Waals surface area contributed by atoms with Gasteiger partial charge in [0.2, 0.25) is 0 Å². The van der Waals surface area contributed by atoms with E-state index in [-0.39, 0.29) is 17.2 Å². The molecule has 7 heteroatoms. The zero-order chi connectivity index (χ0) is 15.5. The SMILES string of the molecule is O=C(Nc1nc2c(s1)CCCC2)c1cccc(OC(F)F)c1. The molecule has 0 bridgehead atoms. The van der Waals surface area contributed by atoms with Crippen molar-refractivity contribution in [3.63, 3.8) is 0 Å². The van der Waals surface area contributed by atoms with Crippen molar-refractivity contribution < 1.29 is 18.3 Å².